The zero-order valence-electron chi connectivity index (χ0n) is 25.2. The Morgan fingerprint density at radius 3 is 2.21 bits per heavy atom. The number of piperazine rings is 1. The van der Waals surface area contributed by atoms with Crippen LogP contribution in [-0.2, 0) is 11.0 Å². The molecule has 232 valence electrons. The van der Waals surface area contributed by atoms with Crippen LogP contribution in [0.25, 0.3) is 0 Å². The van der Waals surface area contributed by atoms with Crippen LogP contribution in [0.4, 0.5) is 24.5 Å². The van der Waals surface area contributed by atoms with Gasteiger partial charge in [-0.2, -0.15) is 13.2 Å². The summed E-state index contributed by atoms with van der Waals surface area (Å²) in [5, 5.41) is 2.98. The predicted molar refractivity (Wildman–Crippen MR) is 158 cm³/mol. The molecule has 2 heterocycles. The molecule has 0 bridgehead atoms. The molecular formula is C31H43F3N4O4. The summed E-state index contributed by atoms with van der Waals surface area (Å²) in [6.45, 7) is 9.18. The molecule has 0 unspecified atom stereocenters. The molecule has 42 heavy (non-hydrogen) atoms. The van der Waals surface area contributed by atoms with Gasteiger partial charge in [-0.05, 0) is 57.4 Å². The van der Waals surface area contributed by atoms with Gasteiger partial charge in [0.25, 0.3) is 0 Å². The highest BCUT2D eigenvalue weighted by atomic mass is 19.4. The number of likely N-dealkylation sites (tertiary alicyclic amines) is 1. The fraction of sp³-hybridized carbons (Fsp3) is 0.581. The second-order valence-corrected chi connectivity index (χ2v) is 11.3. The number of hydrogen-bond donors (Lipinski definition) is 1. The second kappa shape index (κ2) is 13.9. The standard InChI is InChI=1S/C31H43F3N4O4/c1-21(2)38-12-11-26(37-15-13-36(14-16-37)25-8-6-7-23(17-25)31(32,33)34)22(20-38)9-10-29(39)35-24-18-27(40-3)30(42-5)28(19-24)41-4/h6-8,17-19,21-22,26H,9-16,20H2,1-5H3,(H,35,39)/t22-,26+/m0/s1. The van der Waals surface area contributed by atoms with E-state index in [1.54, 1.807) is 18.2 Å². The van der Waals surface area contributed by atoms with Crippen molar-refractivity contribution < 1.29 is 32.2 Å². The van der Waals surface area contributed by atoms with Crippen LogP contribution in [0, 0.1) is 5.92 Å². The number of piperidine rings is 1. The van der Waals surface area contributed by atoms with E-state index in [2.05, 4.69) is 29.0 Å². The average Bonchev–Trinajstić information content (AvgIpc) is 2.99. The van der Waals surface area contributed by atoms with Crippen molar-refractivity contribution in [2.45, 2.75) is 51.4 Å². The normalized spacial score (nSPS) is 20.5. The van der Waals surface area contributed by atoms with E-state index in [1.807, 2.05) is 4.90 Å². The van der Waals surface area contributed by atoms with Crippen LogP contribution >= 0.6 is 0 Å². The largest absolute Gasteiger partial charge is 0.493 e. The summed E-state index contributed by atoms with van der Waals surface area (Å²) in [7, 11) is 4.60. The number of benzene rings is 2. The number of nitrogens with one attached hydrogen (secondary N) is 1. The third-order valence-corrected chi connectivity index (χ3v) is 8.47. The molecule has 2 aliphatic rings. The van der Waals surface area contributed by atoms with E-state index < -0.39 is 11.7 Å². The number of rotatable bonds is 10. The molecular weight excluding hydrogens is 549 g/mol. The number of carbonyl (C=O) groups excluding carboxylic acids is 1. The monoisotopic (exact) mass is 592 g/mol. The smallest absolute Gasteiger partial charge is 0.416 e. The Kier molecular flexibility index (Phi) is 10.5. The van der Waals surface area contributed by atoms with Gasteiger partial charge in [-0.3, -0.25) is 9.69 Å². The maximum Gasteiger partial charge on any atom is 0.416 e. The molecule has 2 aromatic carbocycles. The van der Waals surface area contributed by atoms with Crippen molar-refractivity contribution in [3.05, 3.63) is 42.0 Å². The summed E-state index contributed by atoms with van der Waals surface area (Å²) in [4.78, 5) is 20.0. The van der Waals surface area contributed by atoms with Crippen LogP contribution in [0.1, 0.15) is 38.7 Å². The molecule has 8 nitrogen and oxygen atoms in total. The molecule has 0 spiro atoms. The van der Waals surface area contributed by atoms with Crippen molar-refractivity contribution in [3.8, 4) is 17.2 Å². The summed E-state index contributed by atoms with van der Waals surface area (Å²) < 4.78 is 55.9. The minimum Gasteiger partial charge on any atom is -0.493 e. The first kappa shape index (κ1) is 31.7. The molecule has 2 aliphatic heterocycles. The molecule has 1 N–H and O–H groups in total. The average molecular weight is 593 g/mol. The molecule has 0 aromatic heterocycles. The van der Waals surface area contributed by atoms with Crippen LogP contribution in [-0.4, -0.2) is 88.4 Å². The van der Waals surface area contributed by atoms with E-state index in [-0.39, 0.29) is 5.91 Å². The van der Waals surface area contributed by atoms with Gasteiger partial charge in [0.1, 0.15) is 0 Å². The Labute approximate surface area is 246 Å². The number of anilines is 2. The van der Waals surface area contributed by atoms with E-state index in [9.17, 15) is 18.0 Å². The van der Waals surface area contributed by atoms with E-state index in [1.165, 1.54) is 33.5 Å². The van der Waals surface area contributed by atoms with Crippen molar-refractivity contribution in [1.82, 2.24) is 9.80 Å². The highest BCUT2D eigenvalue weighted by molar-refractivity contribution is 5.91. The number of ether oxygens (including phenoxy) is 3. The van der Waals surface area contributed by atoms with Gasteiger partial charge in [0.15, 0.2) is 11.5 Å². The molecule has 1 amide bonds. The number of hydrogen-bond acceptors (Lipinski definition) is 7. The minimum atomic E-state index is -4.35. The molecule has 2 fully saturated rings. The lowest BCUT2D eigenvalue weighted by atomic mass is 9.86. The third-order valence-electron chi connectivity index (χ3n) is 8.47. The van der Waals surface area contributed by atoms with E-state index in [0.29, 0.717) is 66.1 Å². The molecule has 0 aliphatic carbocycles. The topological polar surface area (TPSA) is 66.5 Å². The summed E-state index contributed by atoms with van der Waals surface area (Å²) in [6, 6.07) is 9.75. The number of halogens is 3. The summed E-state index contributed by atoms with van der Waals surface area (Å²) in [5.41, 5.74) is 0.566. The van der Waals surface area contributed by atoms with Gasteiger partial charge in [0, 0.05) is 74.7 Å². The fourth-order valence-electron chi connectivity index (χ4n) is 6.17. The van der Waals surface area contributed by atoms with Crippen LogP contribution in [0.3, 0.4) is 0 Å². The van der Waals surface area contributed by atoms with Crippen LogP contribution < -0.4 is 24.4 Å². The van der Waals surface area contributed by atoms with Gasteiger partial charge in [-0.1, -0.05) is 6.07 Å². The van der Waals surface area contributed by atoms with Gasteiger partial charge in [0.05, 0.1) is 26.9 Å². The van der Waals surface area contributed by atoms with Gasteiger partial charge in [-0.25, -0.2) is 0 Å². The quantitative estimate of drug-likeness (QED) is 0.398. The Morgan fingerprint density at radius 2 is 1.64 bits per heavy atom. The second-order valence-electron chi connectivity index (χ2n) is 11.3. The van der Waals surface area contributed by atoms with Crippen molar-refractivity contribution in [1.29, 1.82) is 0 Å². The predicted octanol–water partition coefficient (Wildman–Crippen LogP) is 5.37. The molecule has 2 aromatic rings. The molecule has 4 rings (SSSR count). The van der Waals surface area contributed by atoms with Crippen LogP contribution in [0.5, 0.6) is 17.2 Å². The highest BCUT2D eigenvalue weighted by Crippen LogP contribution is 2.40. The Morgan fingerprint density at radius 1 is 0.976 bits per heavy atom. The van der Waals surface area contributed by atoms with Gasteiger partial charge in [-0.15, -0.1) is 0 Å². The molecule has 0 saturated carbocycles. The Hall–Kier alpha value is -3.18. The van der Waals surface area contributed by atoms with Crippen molar-refractivity contribution >= 4 is 17.3 Å². The summed E-state index contributed by atoms with van der Waals surface area (Å²) in [6.07, 6.45) is -2.25. The first-order valence-corrected chi connectivity index (χ1v) is 14.5. The Balaban J connectivity index is 1.39. The minimum absolute atomic E-state index is 0.0842. The lowest BCUT2D eigenvalue weighted by Gasteiger charge is -2.48. The number of carbonyl (C=O) groups is 1. The van der Waals surface area contributed by atoms with Crippen LogP contribution in [0.2, 0.25) is 0 Å². The molecule has 2 saturated heterocycles. The van der Waals surface area contributed by atoms with E-state index >= 15 is 0 Å². The van der Waals surface area contributed by atoms with Gasteiger partial charge in [0.2, 0.25) is 11.7 Å². The maximum atomic E-state index is 13.2. The SMILES string of the molecule is COc1cc(NC(=O)CC[C@H]2CN(C(C)C)CC[C@H]2N2CCN(c3cccc(C(F)(F)F)c3)CC2)cc(OC)c1OC. The van der Waals surface area contributed by atoms with Crippen LogP contribution in [0.15, 0.2) is 36.4 Å². The van der Waals surface area contributed by atoms with Crippen molar-refractivity contribution in [2.75, 3.05) is 70.8 Å². The first-order chi connectivity index (χ1) is 20.0. The number of alkyl halides is 3. The summed E-state index contributed by atoms with van der Waals surface area (Å²) >= 11 is 0. The molecule has 2 atom stereocenters. The Bertz CT molecular complexity index is 1180. The zero-order valence-corrected chi connectivity index (χ0v) is 25.2. The number of nitrogens with zero attached hydrogens (tertiary/aromatic N) is 3. The zero-order chi connectivity index (χ0) is 30.4. The summed E-state index contributed by atoms with van der Waals surface area (Å²) in [5.74, 6) is 1.61. The first-order valence-electron chi connectivity index (χ1n) is 14.5. The number of amides is 1. The number of methoxy groups -OCH3 is 3. The maximum absolute atomic E-state index is 13.2. The van der Waals surface area contributed by atoms with Crippen molar-refractivity contribution in [2.24, 2.45) is 5.92 Å². The lowest BCUT2D eigenvalue weighted by Crippen LogP contribution is -2.57. The fourth-order valence-corrected chi connectivity index (χ4v) is 6.17. The third kappa shape index (κ3) is 7.60. The van der Waals surface area contributed by atoms with Crippen molar-refractivity contribution in [3.63, 3.8) is 0 Å². The lowest BCUT2D eigenvalue weighted by molar-refractivity contribution is -0.137. The highest BCUT2D eigenvalue weighted by Gasteiger charge is 2.36. The molecule has 11 heteroatoms. The van der Waals surface area contributed by atoms with Gasteiger partial charge < -0.3 is 29.3 Å². The van der Waals surface area contributed by atoms with Gasteiger partial charge >= 0.3 is 6.18 Å². The van der Waals surface area contributed by atoms with E-state index in [4.69, 9.17) is 14.2 Å². The molecule has 0 radical (unpaired) electrons. The van der Waals surface area contributed by atoms with E-state index in [0.717, 1.165) is 45.1 Å².